The highest BCUT2D eigenvalue weighted by molar-refractivity contribution is 6.32. The van der Waals surface area contributed by atoms with Crippen LogP contribution in [-0.2, 0) is 6.61 Å². The van der Waals surface area contributed by atoms with Gasteiger partial charge >= 0.3 is 0 Å². The van der Waals surface area contributed by atoms with Crippen molar-refractivity contribution >= 4 is 11.6 Å². The molecule has 0 heterocycles. The third-order valence-electron chi connectivity index (χ3n) is 2.88. The molecule has 21 heavy (non-hydrogen) atoms. The van der Waals surface area contributed by atoms with E-state index in [-0.39, 0.29) is 6.61 Å². The van der Waals surface area contributed by atoms with Crippen LogP contribution in [0.15, 0.2) is 42.5 Å². The molecule has 2 rings (SSSR count). The molecule has 0 aromatic heterocycles. The SMILES string of the molecule is COc1ccccc1OCCOc1c(Cl)cccc1CO. The fourth-order valence-corrected chi connectivity index (χ4v) is 2.12. The lowest BCUT2D eigenvalue weighted by molar-refractivity contribution is 0.205. The van der Waals surface area contributed by atoms with Gasteiger partial charge < -0.3 is 19.3 Å². The maximum Gasteiger partial charge on any atom is 0.161 e. The topological polar surface area (TPSA) is 47.9 Å². The fourth-order valence-electron chi connectivity index (χ4n) is 1.87. The van der Waals surface area contributed by atoms with E-state index in [0.29, 0.717) is 41.0 Å². The largest absolute Gasteiger partial charge is 0.493 e. The van der Waals surface area contributed by atoms with E-state index in [1.54, 1.807) is 25.3 Å². The molecule has 4 nitrogen and oxygen atoms in total. The van der Waals surface area contributed by atoms with Crippen LogP contribution in [0, 0.1) is 0 Å². The zero-order valence-corrected chi connectivity index (χ0v) is 12.5. The van der Waals surface area contributed by atoms with Crippen molar-refractivity contribution < 1.29 is 19.3 Å². The number of ether oxygens (including phenoxy) is 3. The molecule has 0 spiro atoms. The third kappa shape index (κ3) is 4.03. The number of methoxy groups -OCH3 is 1. The van der Waals surface area contributed by atoms with Crippen LogP contribution in [0.4, 0.5) is 0 Å². The van der Waals surface area contributed by atoms with Crippen LogP contribution >= 0.6 is 11.6 Å². The quantitative estimate of drug-likeness (QED) is 0.797. The minimum Gasteiger partial charge on any atom is -0.493 e. The summed E-state index contributed by atoms with van der Waals surface area (Å²) in [6.07, 6.45) is 0. The van der Waals surface area contributed by atoms with Crippen molar-refractivity contribution in [1.82, 2.24) is 0 Å². The second kappa shape index (κ2) is 7.76. The van der Waals surface area contributed by atoms with Gasteiger partial charge in [0.15, 0.2) is 11.5 Å². The summed E-state index contributed by atoms with van der Waals surface area (Å²) in [6.45, 7) is 0.536. The minimum absolute atomic E-state index is 0.122. The van der Waals surface area contributed by atoms with Crippen molar-refractivity contribution in [2.75, 3.05) is 20.3 Å². The van der Waals surface area contributed by atoms with E-state index in [2.05, 4.69) is 0 Å². The second-order valence-corrected chi connectivity index (χ2v) is 4.64. The van der Waals surface area contributed by atoms with E-state index in [0.717, 1.165) is 0 Å². The van der Waals surface area contributed by atoms with Gasteiger partial charge in [-0.3, -0.25) is 0 Å². The van der Waals surface area contributed by atoms with Gasteiger partial charge in [-0.15, -0.1) is 0 Å². The van der Waals surface area contributed by atoms with E-state index in [1.807, 2.05) is 24.3 Å². The fraction of sp³-hybridized carbons (Fsp3) is 0.250. The summed E-state index contributed by atoms with van der Waals surface area (Å²) in [5.41, 5.74) is 0.653. The smallest absolute Gasteiger partial charge is 0.161 e. The predicted octanol–water partition coefficient (Wildman–Crippen LogP) is 3.30. The number of benzene rings is 2. The lowest BCUT2D eigenvalue weighted by Crippen LogP contribution is -2.10. The number of aliphatic hydroxyl groups is 1. The molecule has 112 valence electrons. The monoisotopic (exact) mass is 308 g/mol. The van der Waals surface area contributed by atoms with Crippen LogP contribution < -0.4 is 14.2 Å². The zero-order valence-electron chi connectivity index (χ0n) is 11.7. The number of hydrogen-bond donors (Lipinski definition) is 1. The Morgan fingerprint density at radius 2 is 1.67 bits per heavy atom. The van der Waals surface area contributed by atoms with Crippen molar-refractivity contribution in [1.29, 1.82) is 0 Å². The average Bonchev–Trinajstić information content (AvgIpc) is 2.52. The average molecular weight is 309 g/mol. The van der Waals surface area contributed by atoms with Crippen LogP contribution in [0.25, 0.3) is 0 Å². The molecule has 2 aromatic rings. The first kappa shape index (κ1) is 15.5. The molecule has 0 saturated carbocycles. The van der Waals surface area contributed by atoms with E-state index >= 15 is 0 Å². The molecule has 0 atom stereocenters. The molecule has 0 radical (unpaired) electrons. The highest BCUT2D eigenvalue weighted by atomic mass is 35.5. The molecule has 1 N–H and O–H groups in total. The molecule has 0 amide bonds. The minimum atomic E-state index is -0.122. The summed E-state index contributed by atoms with van der Waals surface area (Å²) in [7, 11) is 1.59. The molecule has 0 fully saturated rings. The van der Waals surface area contributed by atoms with Crippen molar-refractivity contribution in [2.45, 2.75) is 6.61 Å². The van der Waals surface area contributed by atoms with Gasteiger partial charge in [0.2, 0.25) is 0 Å². The van der Waals surface area contributed by atoms with Crippen LogP contribution in [0.1, 0.15) is 5.56 Å². The Hall–Kier alpha value is -1.91. The third-order valence-corrected chi connectivity index (χ3v) is 3.17. The first-order valence-corrected chi connectivity index (χ1v) is 6.91. The van der Waals surface area contributed by atoms with Crippen molar-refractivity contribution in [3.8, 4) is 17.2 Å². The van der Waals surface area contributed by atoms with Crippen LogP contribution in [0.5, 0.6) is 17.2 Å². The van der Waals surface area contributed by atoms with E-state index in [1.165, 1.54) is 0 Å². The van der Waals surface area contributed by atoms with Gasteiger partial charge in [0.1, 0.15) is 19.0 Å². The molecule has 0 saturated heterocycles. The van der Waals surface area contributed by atoms with Gasteiger partial charge in [0, 0.05) is 5.56 Å². The molecule has 0 aliphatic heterocycles. The van der Waals surface area contributed by atoms with E-state index in [4.69, 9.17) is 25.8 Å². The molecule has 0 aliphatic carbocycles. The molecule has 0 unspecified atom stereocenters. The first-order valence-electron chi connectivity index (χ1n) is 6.53. The van der Waals surface area contributed by atoms with Gasteiger partial charge in [0.05, 0.1) is 18.7 Å². The van der Waals surface area contributed by atoms with Crippen molar-refractivity contribution in [2.24, 2.45) is 0 Å². The molecule has 0 aliphatic rings. The van der Waals surface area contributed by atoms with Crippen LogP contribution in [-0.4, -0.2) is 25.4 Å². The molecular formula is C16H17ClO4. The maximum atomic E-state index is 9.26. The number of hydrogen-bond acceptors (Lipinski definition) is 4. The summed E-state index contributed by atoms with van der Waals surface area (Å²) in [6, 6.07) is 12.7. The van der Waals surface area contributed by atoms with Gasteiger partial charge in [0.25, 0.3) is 0 Å². The lowest BCUT2D eigenvalue weighted by Gasteiger charge is -2.13. The summed E-state index contributed by atoms with van der Waals surface area (Å²) >= 11 is 6.05. The molecule has 2 aromatic carbocycles. The van der Waals surface area contributed by atoms with Gasteiger partial charge in [-0.2, -0.15) is 0 Å². The number of para-hydroxylation sites is 3. The van der Waals surface area contributed by atoms with E-state index in [9.17, 15) is 5.11 Å². The Morgan fingerprint density at radius 1 is 0.952 bits per heavy atom. The van der Waals surface area contributed by atoms with E-state index < -0.39 is 0 Å². The first-order chi connectivity index (χ1) is 10.3. The van der Waals surface area contributed by atoms with Gasteiger partial charge in [-0.1, -0.05) is 35.9 Å². The Bertz CT molecular complexity index is 586. The number of halogens is 1. The Balaban J connectivity index is 1.91. The number of aliphatic hydroxyl groups excluding tert-OH is 1. The second-order valence-electron chi connectivity index (χ2n) is 4.23. The summed E-state index contributed by atoms with van der Waals surface area (Å²) < 4.78 is 16.4. The summed E-state index contributed by atoms with van der Waals surface area (Å²) in [4.78, 5) is 0. The Kier molecular flexibility index (Phi) is 5.72. The molecule has 5 heteroatoms. The molecule has 0 bridgehead atoms. The number of rotatable bonds is 7. The van der Waals surface area contributed by atoms with Crippen LogP contribution in [0.3, 0.4) is 0 Å². The normalized spacial score (nSPS) is 10.2. The zero-order chi connectivity index (χ0) is 15.1. The van der Waals surface area contributed by atoms with Crippen LogP contribution in [0.2, 0.25) is 5.02 Å². The van der Waals surface area contributed by atoms with Crippen molar-refractivity contribution in [3.05, 3.63) is 53.1 Å². The lowest BCUT2D eigenvalue weighted by atomic mass is 10.2. The highest BCUT2D eigenvalue weighted by Gasteiger charge is 2.08. The van der Waals surface area contributed by atoms with Crippen molar-refractivity contribution in [3.63, 3.8) is 0 Å². The Labute approximate surface area is 128 Å². The summed E-state index contributed by atoms with van der Waals surface area (Å²) in [5.74, 6) is 1.82. The Morgan fingerprint density at radius 3 is 2.38 bits per heavy atom. The van der Waals surface area contributed by atoms with Gasteiger partial charge in [-0.05, 0) is 18.2 Å². The van der Waals surface area contributed by atoms with Gasteiger partial charge in [-0.25, -0.2) is 0 Å². The summed E-state index contributed by atoms with van der Waals surface area (Å²) in [5, 5.41) is 9.73. The predicted molar refractivity (Wildman–Crippen MR) is 81.4 cm³/mol. The molecular weight excluding hydrogens is 292 g/mol. The standard InChI is InChI=1S/C16H17ClO4/c1-19-14-7-2-3-8-15(14)20-9-10-21-16-12(11-18)5-4-6-13(16)17/h2-8,18H,9-11H2,1H3. The maximum absolute atomic E-state index is 9.26. The highest BCUT2D eigenvalue weighted by Crippen LogP contribution is 2.29.